The van der Waals surface area contributed by atoms with Crippen LogP contribution >= 0.6 is 23.4 Å². The standard InChI is InChI=1S/C16H16ClN3O3S/c1-22-7-2-6-20-15(21)13-4-3-11(17)9-14(13)18-16(20)24-10-12-5-8-23-19-12/h3-5,8-9H,2,6-7,10H2,1H3. The Kier molecular flexibility index (Phi) is 5.55. The molecular weight excluding hydrogens is 350 g/mol. The van der Waals surface area contributed by atoms with Gasteiger partial charge in [-0.05, 0) is 24.6 Å². The Bertz CT molecular complexity index is 880. The molecule has 0 spiro atoms. The Balaban J connectivity index is 1.98. The van der Waals surface area contributed by atoms with Crippen molar-refractivity contribution in [2.45, 2.75) is 23.9 Å². The number of nitrogens with zero attached hydrogens (tertiary/aromatic N) is 3. The van der Waals surface area contributed by atoms with Crippen molar-refractivity contribution in [2.75, 3.05) is 13.7 Å². The fourth-order valence-electron chi connectivity index (χ4n) is 2.30. The predicted octanol–water partition coefficient (Wildman–Crippen LogP) is 3.37. The molecule has 0 aliphatic carbocycles. The Morgan fingerprint density at radius 2 is 2.25 bits per heavy atom. The number of ether oxygens (including phenoxy) is 1. The minimum Gasteiger partial charge on any atom is -0.385 e. The second kappa shape index (κ2) is 7.83. The van der Waals surface area contributed by atoms with Crippen molar-refractivity contribution in [3.05, 3.63) is 51.6 Å². The van der Waals surface area contributed by atoms with Gasteiger partial charge in [-0.15, -0.1) is 0 Å². The highest BCUT2D eigenvalue weighted by Crippen LogP contribution is 2.23. The van der Waals surface area contributed by atoms with E-state index in [0.717, 1.165) is 12.1 Å². The summed E-state index contributed by atoms with van der Waals surface area (Å²) in [7, 11) is 1.64. The molecule has 0 saturated heterocycles. The first-order valence-corrected chi connectivity index (χ1v) is 8.76. The molecule has 1 aromatic carbocycles. The van der Waals surface area contributed by atoms with Crippen molar-refractivity contribution in [3.8, 4) is 0 Å². The van der Waals surface area contributed by atoms with Crippen LogP contribution in [0, 0.1) is 0 Å². The predicted molar refractivity (Wildman–Crippen MR) is 93.6 cm³/mol. The van der Waals surface area contributed by atoms with Gasteiger partial charge in [0.2, 0.25) is 0 Å². The fraction of sp³-hybridized carbons (Fsp3) is 0.312. The molecule has 0 N–H and O–H groups in total. The Morgan fingerprint density at radius 1 is 1.38 bits per heavy atom. The lowest BCUT2D eigenvalue weighted by molar-refractivity contribution is 0.189. The van der Waals surface area contributed by atoms with E-state index in [-0.39, 0.29) is 5.56 Å². The quantitative estimate of drug-likeness (QED) is 0.363. The van der Waals surface area contributed by atoms with Gasteiger partial charge in [0.15, 0.2) is 5.16 Å². The SMILES string of the molecule is COCCCn1c(SCc2ccon2)nc2cc(Cl)ccc2c1=O. The number of hydrogen-bond donors (Lipinski definition) is 0. The third-order valence-electron chi connectivity index (χ3n) is 3.45. The van der Waals surface area contributed by atoms with Crippen molar-refractivity contribution in [1.29, 1.82) is 0 Å². The lowest BCUT2D eigenvalue weighted by Gasteiger charge is -2.12. The van der Waals surface area contributed by atoms with Crippen LogP contribution in [0.1, 0.15) is 12.1 Å². The van der Waals surface area contributed by atoms with E-state index in [2.05, 4.69) is 10.1 Å². The highest BCUT2D eigenvalue weighted by molar-refractivity contribution is 7.98. The molecule has 126 valence electrons. The molecule has 2 heterocycles. The van der Waals surface area contributed by atoms with Gasteiger partial charge in [0.05, 0.1) is 16.6 Å². The molecule has 2 aromatic heterocycles. The van der Waals surface area contributed by atoms with Crippen LogP contribution in [0.5, 0.6) is 0 Å². The Hall–Kier alpha value is -1.83. The van der Waals surface area contributed by atoms with E-state index in [1.54, 1.807) is 35.9 Å². The lowest BCUT2D eigenvalue weighted by Crippen LogP contribution is -2.24. The number of aromatic nitrogens is 3. The third kappa shape index (κ3) is 3.80. The molecule has 3 aromatic rings. The van der Waals surface area contributed by atoms with Gasteiger partial charge < -0.3 is 9.26 Å². The van der Waals surface area contributed by atoms with E-state index in [1.165, 1.54) is 18.0 Å². The van der Waals surface area contributed by atoms with Crippen LogP contribution in [0.25, 0.3) is 10.9 Å². The molecule has 0 aliphatic rings. The molecule has 0 radical (unpaired) electrons. The highest BCUT2D eigenvalue weighted by Gasteiger charge is 2.12. The van der Waals surface area contributed by atoms with Gasteiger partial charge >= 0.3 is 0 Å². The molecule has 6 nitrogen and oxygen atoms in total. The van der Waals surface area contributed by atoms with Crippen molar-refractivity contribution in [1.82, 2.24) is 14.7 Å². The second-order valence-corrected chi connectivity index (χ2v) is 6.52. The zero-order valence-corrected chi connectivity index (χ0v) is 14.6. The number of halogens is 1. The molecular formula is C16H16ClN3O3S. The van der Waals surface area contributed by atoms with E-state index in [0.29, 0.717) is 40.0 Å². The Morgan fingerprint density at radius 3 is 3.00 bits per heavy atom. The summed E-state index contributed by atoms with van der Waals surface area (Å²) in [5.41, 5.74) is 1.32. The minimum absolute atomic E-state index is 0.0737. The first-order valence-electron chi connectivity index (χ1n) is 7.40. The van der Waals surface area contributed by atoms with Crippen LogP contribution in [0.3, 0.4) is 0 Å². The summed E-state index contributed by atoms with van der Waals surface area (Å²) in [4.78, 5) is 17.4. The summed E-state index contributed by atoms with van der Waals surface area (Å²) >= 11 is 7.47. The van der Waals surface area contributed by atoms with Gasteiger partial charge in [0.1, 0.15) is 6.26 Å². The van der Waals surface area contributed by atoms with Crippen LogP contribution in [0.4, 0.5) is 0 Å². The molecule has 0 bridgehead atoms. The summed E-state index contributed by atoms with van der Waals surface area (Å²) in [6, 6.07) is 6.91. The fourth-order valence-corrected chi connectivity index (χ4v) is 3.38. The molecule has 24 heavy (non-hydrogen) atoms. The van der Waals surface area contributed by atoms with Crippen molar-refractivity contribution in [3.63, 3.8) is 0 Å². The van der Waals surface area contributed by atoms with Gasteiger partial charge in [-0.2, -0.15) is 0 Å². The first kappa shape index (κ1) is 17.0. The number of fused-ring (bicyclic) bond motifs is 1. The topological polar surface area (TPSA) is 70.2 Å². The average Bonchev–Trinajstić information content (AvgIpc) is 3.08. The highest BCUT2D eigenvalue weighted by atomic mass is 35.5. The van der Waals surface area contributed by atoms with E-state index >= 15 is 0 Å². The minimum atomic E-state index is -0.0737. The molecule has 0 aliphatic heterocycles. The maximum atomic E-state index is 12.8. The molecule has 3 rings (SSSR count). The van der Waals surface area contributed by atoms with Crippen molar-refractivity contribution >= 4 is 34.3 Å². The summed E-state index contributed by atoms with van der Waals surface area (Å²) in [5.74, 6) is 0.569. The largest absolute Gasteiger partial charge is 0.385 e. The summed E-state index contributed by atoms with van der Waals surface area (Å²) in [6.07, 6.45) is 2.25. The monoisotopic (exact) mass is 365 g/mol. The average molecular weight is 366 g/mol. The maximum absolute atomic E-state index is 12.8. The number of hydrogen-bond acceptors (Lipinski definition) is 6. The van der Waals surface area contributed by atoms with Crippen molar-refractivity contribution in [2.24, 2.45) is 0 Å². The van der Waals surface area contributed by atoms with E-state index < -0.39 is 0 Å². The van der Waals surface area contributed by atoms with Crippen LogP contribution in [-0.2, 0) is 17.0 Å². The number of rotatable bonds is 7. The maximum Gasteiger partial charge on any atom is 0.262 e. The van der Waals surface area contributed by atoms with E-state index in [4.69, 9.17) is 20.9 Å². The molecule has 0 fully saturated rings. The van der Waals surface area contributed by atoms with Crippen LogP contribution in [0.15, 0.2) is 45.0 Å². The number of methoxy groups -OCH3 is 1. The molecule has 0 atom stereocenters. The smallest absolute Gasteiger partial charge is 0.262 e. The van der Waals surface area contributed by atoms with Crippen molar-refractivity contribution < 1.29 is 9.26 Å². The van der Waals surface area contributed by atoms with Gasteiger partial charge in [0, 0.05) is 37.1 Å². The summed E-state index contributed by atoms with van der Waals surface area (Å²) in [5, 5.41) is 5.63. The van der Waals surface area contributed by atoms with Crippen LogP contribution < -0.4 is 5.56 Å². The van der Waals surface area contributed by atoms with Gasteiger partial charge in [-0.25, -0.2) is 4.98 Å². The Labute approximate surface area is 147 Å². The van der Waals surface area contributed by atoms with Crippen LogP contribution in [0.2, 0.25) is 5.02 Å². The molecule has 8 heteroatoms. The zero-order valence-electron chi connectivity index (χ0n) is 13.1. The van der Waals surface area contributed by atoms with Crippen LogP contribution in [-0.4, -0.2) is 28.4 Å². The summed E-state index contributed by atoms with van der Waals surface area (Å²) in [6.45, 7) is 1.12. The van der Waals surface area contributed by atoms with E-state index in [1.807, 2.05) is 0 Å². The molecule has 0 unspecified atom stereocenters. The van der Waals surface area contributed by atoms with E-state index in [9.17, 15) is 4.79 Å². The lowest BCUT2D eigenvalue weighted by atomic mass is 10.2. The number of thioether (sulfide) groups is 1. The first-order chi connectivity index (χ1) is 11.7. The normalized spacial score (nSPS) is 11.2. The third-order valence-corrected chi connectivity index (χ3v) is 4.70. The zero-order chi connectivity index (χ0) is 16.9. The second-order valence-electron chi connectivity index (χ2n) is 5.14. The molecule has 0 amide bonds. The van der Waals surface area contributed by atoms with Gasteiger partial charge in [-0.1, -0.05) is 28.5 Å². The molecule has 0 saturated carbocycles. The summed E-state index contributed by atoms with van der Waals surface area (Å²) < 4.78 is 11.6. The van der Waals surface area contributed by atoms with Gasteiger partial charge in [0.25, 0.3) is 5.56 Å². The van der Waals surface area contributed by atoms with Gasteiger partial charge in [-0.3, -0.25) is 9.36 Å². The number of benzene rings is 1.